The Morgan fingerprint density at radius 1 is 1.25 bits per heavy atom. The molecular formula is C14H25N3O2S. The van der Waals surface area contributed by atoms with E-state index in [1.54, 1.807) is 12.1 Å². The Kier molecular flexibility index (Phi) is 5.05. The Hall–Kier alpha value is -1.27. The molecule has 0 unspecified atom stereocenters. The van der Waals surface area contributed by atoms with Crippen molar-refractivity contribution in [3.63, 3.8) is 0 Å². The summed E-state index contributed by atoms with van der Waals surface area (Å²) in [6.07, 6.45) is 0.969. The summed E-state index contributed by atoms with van der Waals surface area (Å²) in [5.41, 5.74) is 7.32. The SMILES string of the molecule is CN(C)S(=O)(=O)c1ccc(N)c(NCCC(C)(C)C)c1. The van der Waals surface area contributed by atoms with Crippen LogP contribution in [-0.4, -0.2) is 33.4 Å². The number of nitrogens with two attached hydrogens (primary N) is 1. The predicted octanol–water partition coefficient (Wildman–Crippen LogP) is 2.37. The van der Waals surface area contributed by atoms with Crippen LogP contribution in [0, 0.1) is 5.41 Å². The number of rotatable bonds is 5. The van der Waals surface area contributed by atoms with Gasteiger partial charge in [0.2, 0.25) is 10.0 Å². The lowest BCUT2D eigenvalue weighted by atomic mass is 9.92. The summed E-state index contributed by atoms with van der Waals surface area (Å²) in [7, 11) is -0.407. The van der Waals surface area contributed by atoms with Crippen LogP contribution in [0.4, 0.5) is 11.4 Å². The Balaban J connectivity index is 2.93. The second-order valence-corrected chi connectivity index (χ2v) is 8.43. The van der Waals surface area contributed by atoms with Crippen molar-refractivity contribution in [1.29, 1.82) is 0 Å². The van der Waals surface area contributed by atoms with Crippen molar-refractivity contribution in [2.45, 2.75) is 32.1 Å². The number of anilines is 2. The number of nitrogens with one attached hydrogen (secondary N) is 1. The van der Waals surface area contributed by atoms with Gasteiger partial charge in [-0.3, -0.25) is 0 Å². The van der Waals surface area contributed by atoms with Crippen LogP contribution in [0.5, 0.6) is 0 Å². The summed E-state index contributed by atoms with van der Waals surface area (Å²) in [6.45, 7) is 7.22. The normalized spacial score (nSPS) is 12.7. The molecule has 114 valence electrons. The molecule has 0 amide bonds. The molecular weight excluding hydrogens is 274 g/mol. The number of nitrogens with zero attached hydrogens (tertiary/aromatic N) is 1. The highest BCUT2D eigenvalue weighted by Crippen LogP contribution is 2.25. The van der Waals surface area contributed by atoms with Crippen LogP contribution >= 0.6 is 0 Å². The van der Waals surface area contributed by atoms with Crippen LogP contribution < -0.4 is 11.1 Å². The number of benzene rings is 1. The lowest BCUT2D eigenvalue weighted by Gasteiger charge is -2.19. The highest BCUT2D eigenvalue weighted by molar-refractivity contribution is 7.89. The van der Waals surface area contributed by atoms with Gasteiger partial charge in [-0.15, -0.1) is 0 Å². The van der Waals surface area contributed by atoms with Crippen LogP contribution in [0.2, 0.25) is 0 Å². The van der Waals surface area contributed by atoms with E-state index in [2.05, 4.69) is 26.1 Å². The van der Waals surface area contributed by atoms with E-state index in [1.165, 1.54) is 24.5 Å². The van der Waals surface area contributed by atoms with Crippen LogP contribution in [0.3, 0.4) is 0 Å². The standard InChI is InChI=1S/C14H25N3O2S/c1-14(2,3)8-9-16-13-10-11(6-7-12(13)15)20(18,19)17(4)5/h6-7,10,16H,8-9,15H2,1-5H3. The van der Waals surface area contributed by atoms with Crippen molar-refractivity contribution >= 4 is 21.4 Å². The van der Waals surface area contributed by atoms with E-state index in [-0.39, 0.29) is 10.3 Å². The van der Waals surface area contributed by atoms with Gasteiger partial charge < -0.3 is 11.1 Å². The third-order valence-corrected chi connectivity index (χ3v) is 4.80. The molecule has 0 aliphatic carbocycles. The third-order valence-electron chi connectivity index (χ3n) is 2.99. The average molecular weight is 299 g/mol. The van der Waals surface area contributed by atoms with Gasteiger partial charge in [0.15, 0.2) is 0 Å². The molecule has 0 heterocycles. The van der Waals surface area contributed by atoms with Gasteiger partial charge in [-0.25, -0.2) is 12.7 Å². The monoisotopic (exact) mass is 299 g/mol. The summed E-state index contributed by atoms with van der Waals surface area (Å²) in [6, 6.07) is 4.74. The van der Waals surface area contributed by atoms with E-state index in [4.69, 9.17) is 5.73 Å². The molecule has 0 aromatic heterocycles. The van der Waals surface area contributed by atoms with E-state index < -0.39 is 10.0 Å². The van der Waals surface area contributed by atoms with Gasteiger partial charge in [-0.1, -0.05) is 20.8 Å². The molecule has 6 heteroatoms. The molecule has 1 aromatic carbocycles. The maximum Gasteiger partial charge on any atom is 0.242 e. The molecule has 0 fully saturated rings. The van der Waals surface area contributed by atoms with E-state index in [0.29, 0.717) is 11.4 Å². The van der Waals surface area contributed by atoms with Gasteiger partial charge in [-0.05, 0) is 30.0 Å². The second kappa shape index (κ2) is 6.01. The molecule has 0 bridgehead atoms. The number of sulfonamides is 1. The van der Waals surface area contributed by atoms with Gasteiger partial charge in [0.25, 0.3) is 0 Å². The van der Waals surface area contributed by atoms with Crippen LogP contribution in [-0.2, 0) is 10.0 Å². The molecule has 5 nitrogen and oxygen atoms in total. The number of hydrogen-bond acceptors (Lipinski definition) is 4. The smallest absolute Gasteiger partial charge is 0.242 e. The molecule has 1 aromatic rings. The Morgan fingerprint density at radius 3 is 2.35 bits per heavy atom. The van der Waals surface area contributed by atoms with Crippen molar-refractivity contribution in [3.8, 4) is 0 Å². The Morgan fingerprint density at radius 2 is 1.85 bits per heavy atom. The number of hydrogen-bond donors (Lipinski definition) is 2. The fourth-order valence-corrected chi connectivity index (χ4v) is 2.56. The van der Waals surface area contributed by atoms with Crippen molar-refractivity contribution in [3.05, 3.63) is 18.2 Å². The maximum absolute atomic E-state index is 12.1. The predicted molar refractivity (Wildman–Crippen MR) is 84.3 cm³/mol. The molecule has 0 atom stereocenters. The zero-order valence-electron chi connectivity index (χ0n) is 12.9. The summed E-state index contributed by atoms with van der Waals surface area (Å²) in [5.74, 6) is 0. The molecule has 1 rings (SSSR count). The fraction of sp³-hybridized carbons (Fsp3) is 0.571. The zero-order valence-corrected chi connectivity index (χ0v) is 13.7. The lowest BCUT2D eigenvalue weighted by molar-refractivity contribution is 0.390. The highest BCUT2D eigenvalue weighted by atomic mass is 32.2. The van der Waals surface area contributed by atoms with Gasteiger partial charge in [-0.2, -0.15) is 0 Å². The summed E-state index contributed by atoms with van der Waals surface area (Å²) < 4.78 is 25.4. The fourth-order valence-electron chi connectivity index (χ4n) is 1.63. The van der Waals surface area contributed by atoms with Gasteiger partial charge >= 0.3 is 0 Å². The first kappa shape index (κ1) is 16.8. The number of nitrogen functional groups attached to an aromatic ring is 1. The maximum atomic E-state index is 12.1. The Labute approximate surface area is 122 Å². The van der Waals surface area contributed by atoms with E-state index >= 15 is 0 Å². The summed E-state index contributed by atoms with van der Waals surface area (Å²) >= 11 is 0. The minimum absolute atomic E-state index is 0.217. The van der Waals surface area contributed by atoms with Gasteiger partial charge in [0, 0.05) is 20.6 Å². The van der Waals surface area contributed by atoms with Crippen LogP contribution in [0.25, 0.3) is 0 Å². The largest absolute Gasteiger partial charge is 0.397 e. The topological polar surface area (TPSA) is 75.4 Å². The highest BCUT2D eigenvalue weighted by Gasteiger charge is 2.18. The van der Waals surface area contributed by atoms with Gasteiger partial charge in [0.05, 0.1) is 16.3 Å². The van der Waals surface area contributed by atoms with Crippen molar-refractivity contribution in [2.75, 3.05) is 31.7 Å². The molecule has 3 N–H and O–H groups in total. The minimum atomic E-state index is -3.43. The van der Waals surface area contributed by atoms with Crippen molar-refractivity contribution in [1.82, 2.24) is 4.31 Å². The van der Waals surface area contributed by atoms with E-state index in [0.717, 1.165) is 13.0 Å². The quantitative estimate of drug-likeness (QED) is 0.818. The first-order valence-electron chi connectivity index (χ1n) is 6.60. The van der Waals surface area contributed by atoms with E-state index in [1.807, 2.05) is 0 Å². The van der Waals surface area contributed by atoms with Crippen LogP contribution in [0.15, 0.2) is 23.1 Å². The molecule has 0 spiro atoms. The third kappa shape index (κ3) is 4.38. The van der Waals surface area contributed by atoms with Gasteiger partial charge in [0.1, 0.15) is 0 Å². The molecule has 0 saturated carbocycles. The summed E-state index contributed by atoms with van der Waals surface area (Å²) in [5, 5.41) is 3.21. The van der Waals surface area contributed by atoms with E-state index in [9.17, 15) is 8.42 Å². The van der Waals surface area contributed by atoms with Crippen molar-refractivity contribution in [2.24, 2.45) is 5.41 Å². The van der Waals surface area contributed by atoms with Crippen molar-refractivity contribution < 1.29 is 8.42 Å². The first-order valence-corrected chi connectivity index (χ1v) is 8.04. The zero-order chi connectivity index (χ0) is 15.6. The molecule has 0 aliphatic heterocycles. The molecule has 0 saturated heterocycles. The van der Waals surface area contributed by atoms with Crippen LogP contribution in [0.1, 0.15) is 27.2 Å². The molecule has 0 radical (unpaired) electrons. The molecule has 0 aliphatic rings. The minimum Gasteiger partial charge on any atom is -0.397 e. The second-order valence-electron chi connectivity index (χ2n) is 6.27. The first-order chi connectivity index (χ1) is 9.04. The summed E-state index contributed by atoms with van der Waals surface area (Å²) in [4.78, 5) is 0.245. The molecule has 20 heavy (non-hydrogen) atoms. The Bertz CT molecular complexity index is 560. The average Bonchev–Trinajstić information content (AvgIpc) is 2.29. The lowest BCUT2D eigenvalue weighted by Crippen LogP contribution is -2.22.